The summed E-state index contributed by atoms with van der Waals surface area (Å²) in [6.45, 7) is 1.40. The number of hydrogen-bond donors (Lipinski definition) is 2. The summed E-state index contributed by atoms with van der Waals surface area (Å²) in [7, 11) is 1.60. The van der Waals surface area contributed by atoms with Gasteiger partial charge in [0.05, 0.1) is 19.7 Å². The van der Waals surface area contributed by atoms with Gasteiger partial charge in [-0.3, -0.25) is 9.59 Å². The third kappa shape index (κ3) is 5.62. The molecule has 0 saturated carbocycles. The van der Waals surface area contributed by atoms with E-state index < -0.39 is 12.1 Å². The Bertz CT molecular complexity index is 953. The Morgan fingerprint density at radius 2 is 1.68 bits per heavy atom. The SMILES string of the molecule is COc1ccc(OCC(O)[C@@H]2CCCN2C(=O)[C@@H]2CCCN2C(=O)CNc2ccccc2)cc1. The number of amides is 2. The van der Waals surface area contributed by atoms with Crippen molar-refractivity contribution in [1.82, 2.24) is 9.80 Å². The fourth-order valence-electron chi connectivity index (χ4n) is 4.78. The molecule has 2 aromatic rings. The number of methoxy groups -OCH3 is 1. The predicted octanol–water partition coefficient (Wildman–Crippen LogP) is 2.53. The molecular formula is C26H33N3O5. The molecule has 3 atom stereocenters. The number of benzene rings is 2. The van der Waals surface area contributed by atoms with Gasteiger partial charge in [0.25, 0.3) is 0 Å². The van der Waals surface area contributed by atoms with Crippen LogP contribution in [0.1, 0.15) is 25.7 Å². The number of carbonyl (C=O) groups is 2. The highest BCUT2D eigenvalue weighted by molar-refractivity contribution is 5.90. The van der Waals surface area contributed by atoms with Crippen molar-refractivity contribution < 1.29 is 24.2 Å². The largest absolute Gasteiger partial charge is 0.497 e. The minimum Gasteiger partial charge on any atom is -0.497 e. The van der Waals surface area contributed by atoms with Crippen molar-refractivity contribution in [3.05, 3.63) is 54.6 Å². The van der Waals surface area contributed by atoms with Crippen molar-refractivity contribution >= 4 is 17.5 Å². The lowest BCUT2D eigenvalue weighted by Crippen LogP contribution is -2.53. The van der Waals surface area contributed by atoms with Crippen LogP contribution in [0.3, 0.4) is 0 Å². The van der Waals surface area contributed by atoms with Crippen LogP contribution in [0.4, 0.5) is 5.69 Å². The van der Waals surface area contributed by atoms with Gasteiger partial charge in [0.2, 0.25) is 11.8 Å². The van der Waals surface area contributed by atoms with Crippen LogP contribution in [0.15, 0.2) is 54.6 Å². The minimum atomic E-state index is -0.807. The van der Waals surface area contributed by atoms with E-state index in [1.165, 1.54) is 0 Å². The zero-order chi connectivity index (χ0) is 23.9. The summed E-state index contributed by atoms with van der Waals surface area (Å²) in [5.74, 6) is 1.21. The van der Waals surface area contributed by atoms with Crippen molar-refractivity contribution in [1.29, 1.82) is 0 Å². The molecule has 182 valence electrons. The van der Waals surface area contributed by atoms with Crippen LogP contribution in [0, 0.1) is 0 Å². The topological polar surface area (TPSA) is 91.3 Å². The Labute approximate surface area is 200 Å². The van der Waals surface area contributed by atoms with Gasteiger partial charge < -0.3 is 29.7 Å². The maximum Gasteiger partial charge on any atom is 0.245 e. The van der Waals surface area contributed by atoms with E-state index in [-0.39, 0.29) is 31.0 Å². The van der Waals surface area contributed by atoms with Crippen molar-refractivity contribution in [3.63, 3.8) is 0 Å². The molecule has 0 spiro atoms. The molecule has 2 heterocycles. The van der Waals surface area contributed by atoms with Crippen LogP contribution in [-0.4, -0.2) is 78.3 Å². The minimum absolute atomic E-state index is 0.0726. The Morgan fingerprint density at radius 3 is 2.41 bits per heavy atom. The second-order valence-corrected chi connectivity index (χ2v) is 8.76. The summed E-state index contributed by atoms with van der Waals surface area (Å²) in [6.07, 6.45) is 2.19. The van der Waals surface area contributed by atoms with E-state index >= 15 is 0 Å². The summed E-state index contributed by atoms with van der Waals surface area (Å²) in [5.41, 5.74) is 0.873. The molecule has 8 nitrogen and oxygen atoms in total. The van der Waals surface area contributed by atoms with Crippen molar-refractivity contribution in [2.45, 2.75) is 43.9 Å². The molecular weight excluding hydrogens is 434 g/mol. The Kier molecular flexibility index (Phi) is 7.90. The molecule has 2 aliphatic heterocycles. The molecule has 1 unspecified atom stereocenters. The molecule has 0 aliphatic carbocycles. The molecule has 2 N–H and O–H groups in total. The fraction of sp³-hybridized carbons (Fsp3) is 0.462. The maximum absolute atomic E-state index is 13.4. The summed E-state index contributed by atoms with van der Waals surface area (Å²) < 4.78 is 10.9. The molecule has 2 aliphatic rings. The number of ether oxygens (including phenoxy) is 2. The molecule has 0 radical (unpaired) electrons. The Morgan fingerprint density at radius 1 is 1.00 bits per heavy atom. The zero-order valence-electron chi connectivity index (χ0n) is 19.6. The van der Waals surface area contributed by atoms with Crippen LogP contribution in [0.2, 0.25) is 0 Å². The van der Waals surface area contributed by atoms with E-state index in [4.69, 9.17) is 9.47 Å². The highest BCUT2D eigenvalue weighted by Crippen LogP contribution is 2.27. The van der Waals surface area contributed by atoms with Gasteiger partial charge in [-0.05, 0) is 62.1 Å². The van der Waals surface area contributed by atoms with Crippen LogP contribution in [0.5, 0.6) is 11.5 Å². The average Bonchev–Trinajstić information content (AvgIpc) is 3.57. The number of rotatable bonds is 9. The first-order valence-corrected chi connectivity index (χ1v) is 11.9. The highest BCUT2D eigenvalue weighted by atomic mass is 16.5. The lowest BCUT2D eigenvalue weighted by atomic mass is 10.1. The lowest BCUT2D eigenvalue weighted by Gasteiger charge is -2.33. The fourth-order valence-corrected chi connectivity index (χ4v) is 4.78. The number of nitrogens with zero attached hydrogens (tertiary/aromatic N) is 2. The number of nitrogens with one attached hydrogen (secondary N) is 1. The first-order valence-electron chi connectivity index (χ1n) is 11.9. The molecule has 2 saturated heterocycles. The van der Waals surface area contributed by atoms with Crippen molar-refractivity contribution in [3.8, 4) is 11.5 Å². The predicted molar refractivity (Wildman–Crippen MR) is 129 cm³/mol. The summed E-state index contributed by atoms with van der Waals surface area (Å²) in [5, 5.41) is 14.0. The summed E-state index contributed by atoms with van der Waals surface area (Å²) in [6, 6.07) is 15.9. The van der Waals surface area contributed by atoms with Crippen molar-refractivity contribution in [2.24, 2.45) is 0 Å². The number of anilines is 1. The average molecular weight is 468 g/mol. The van der Waals surface area contributed by atoms with Gasteiger partial charge in [0, 0.05) is 18.8 Å². The Hall–Kier alpha value is -3.26. The van der Waals surface area contributed by atoms with E-state index in [9.17, 15) is 14.7 Å². The quantitative estimate of drug-likeness (QED) is 0.589. The van der Waals surface area contributed by atoms with E-state index in [2.05, 4.69) is 5.32 Å². The second-order valence-electron chi connectivity index (χ2n) is 8.76. The summed E-state index contributed by atoms with van der Waals surface area (Å²) in [4.78, 5) is 29.8. The van der Waals surface area contributed by atoms with E-state index in [1.54, 1.807) is 41.2 Å². The number of para-hydroxylation sites is 1. The lowest BCUT2D eigenvalue weighted by molar-refractivity contribution is -0.145. The molecule has 8 heteroatoms. The molecule has 0 aromatic heterocycles. The van der Waals surface area contributed by atoms with Crippen LogP contribution < -0.4 is 14.8 Å². The molecule has 2 amide bonds. The van der Waals surface area contributed by atoms with Gasteiger partial charge in [0.1, 0.15) is 30.3 Å². The van der Waals surface area contributed by atoms with Crippen molar-refractivity contribution in [2.75, 3.05) is 38.7 Å². The van der Waals surface area contributed by atoms with Gasteiger partial charge in [-0.2, -0.15) is 0 Å². The highest BCUT2D eigenvalue weighted by Gasteiger charge is 2.41. The van der Waals surface area contributed by atoms with Gasteiger partial charge >= 0.3 is 0 Å². The maximum atomic E-state index is 13.4. The van der Waals surface area contributed by atoms with Crippen LogP contribution >= 0.6 is 0 Å². The molecule has 2 aromatic carbocycles. The van der Waals surface area contributed by atoms with E-state index in [0.717, 1.165) is 30.7 Å². The third-order valence-electron chi connectivity index (χ3n) is 6.58. The second kappa shape index (κ2) is 11.2. The molecule has 4 rings (SSSR count). The van der Waals surface area contributed by atoms with Gasteiger partial charge in [-0.15, -0.1) is 0 Å². The molecule has 2 fully saturated rings. The first-order chi connectivity index (χ1) is 16.6. The smallest absolute Gasteiger partial charge is 0.245 e. The van der Waals surface area contributed by atoms with Crippen LogP contribution in [-0.2, 0) is 9.59 Å². The van der Waals surface area contributed by atoms with Gasteiger partial charge in [0.15, 0.2) is 0 Å². The number of likely N-dealkylation sites (tertiary alicyclic amines) is 2. The van der Waals surface area contributed by atoms with Gasteiger partial charge in [-0.1, -0.05) is 18.2 Å². The van der Waals surface area contributed by atoms with E-state index in [0.29, 0.717) is 25.3 Å². The van der Waals surface area contributed by atoms with Crippen LogP contribution in [0.25, 0.3) is 0 Å². The number of hydrogen-bond acceptors (Lipinski definition) is 6. The number of carbonyl (C=O) groups excluding carboxylic acids is 2. The molecule has 0 bridgehead atoms. The van der Waals surface area contributed by atoms with E-state index in [1.807, 2.05) is 30.3 Å². The Balaban J connectivity index is 1.33. The summed E-state index contributed by atoms with van der Waals surface area (Å²) >= 11 is 0. The third-order valence-corrected chi connectivity index (χ3v) is 6.58. The monoisotopic (exact) mass is 467 g/mol. The zero-order valence-corrected chi connectivity index (χ0v) is 19.6. The standard InChI is InChI=1S/C26H33N3O5/c1-33-20-11-13-21(14-12-20)34-18-24(30)22-9-5-16-29(22)26(32)23-10-6-15-28(23)25(31)17-27-19-7-3-2-4-8-19/h2-4,7-8,11-14,22-24,27,30H,5-6,9-10,15-18H2,1H3/t22-,23-,24?/m0/s1. The normalized spacial score (nSPS) is 20.8. The number of aliphatic hydroxyl groups is 1. The van der Waals surface area contributed by atoms with Gasteiger partial charge in [-0.25, -0.2) is 0 Å². The number of aliphatic hydroxyl groups excluding tert-OH is 1. The first kappa shape index (κ1) is 23.9. The molecule has 34 heavy (non-hydrogen) atoms.